The highest BCUT2D eigenvalue weighted by atomic mass is 32.1. The van der Waals surface area contributed by atoms with Gasteiger partial charge >= 0.3 is 6.09 Å². The average Bonchev–Trinajstić information content (AvgIpc) is 3.10. The van der Waals surface area contributed by atoms with Crippen molar-refractivity contribution < 1.29 is 14.3 Å². The average molecular weight is 388 g/mol. The highest BCUT2D eigenvalue weighted by Crippen LogP contribution is 2.17. The first-order valence-electron chi connectivity index (χ1n) is 8.97. The maximum absolute atomic E-state index is 12.3. The lowest BCUT2D eigenvalue weighted by molar-refractivity contribution is -0.121. The second-order valence-electron chi connectivity index (χ2n) is 6.54. The van der Waals surface area contributed by atoms with Crippen LogP contribution < -0.4 is 10.6 Å². The molecule has 2 N–H and O–H groups in total. The number of hydrogen-bond acceptors (Lipinski definition) is 6. The predicted octanol–water partition coefficient (Wildman–Crippen LogP) is 2.64. The minimum atomic E-state index is -0.567. The molecule has 2 aromatic rings. The van der Waals surface area contributed by atoms with Gasteiger partial charge in [0.15, 0.2) is 5.13 Å². The summed E-state index contributed by atoms with van der Waals surface area (Å²) in [6.45, 7) is 2.91. The van der Waals surface area contributed by atoms with Crippen LogP contribution in [0.25, 0.3) is 0 Å². The number of thiazole rings is 1. The molecule has 1 saturated heterocycles. The lowest BCUT2D eigenvalue weighted by Crippen LogP contribution is -2.44. The van der Waals surface area contributed by atoms with E-state index in [0.29, 0.717) is 10.8 Å². The van der Waals surface area contributed by atoms with Crippen LogP contribution in [0.2, 0.25) is 0 Å². The normalized spacial score (nSPS) is 15.3. The molecule has 3 rings (SSSR count). The van der Waals surface area contributed by atoms with Gasteiger partial charge in [0.1, 0.15) is 0 Å². The van der Waals surface area contributed by atoms with Gasteiger partial charge in [-0.1, -0.05) is 30.3 Å². The van der Waals surface area contributed by atoms with Crippen molar-refractivity contribution in [3.05, 3.63) is 47.0 Å². The number of benzene rings is 1. The van der Waals surface area contributed by atoms with Crippen LogP contribution in [0.4, 0.5) is 9.93 Å². The first-order valence-corrected chi connectivity index (χ1v) is 9.85. The zero-order valence-electron chi connectivity index (χ0n) is 15.3. The van der Waals surface area contributed by atoms with E-state index in [2.05, 4.69) is 49.5 Å². The van der Waals surface area contributed by atoms with Crippen LogP contribution in [-0.4, -0.2) is 48.1 Å². The molecule has 27 heavy (non-hydrogen) atoms. The molecule has 0 spiro atoms. The van der Waals surface area contributed by atoms with Crippen molar-refractivity contribution >= 4 is 28.5 Å². The number of aromatic nitrogens is 1. The van der Waals surface area contributed by atoms with E-state index in [1.807, 2.05) is 6.07 Å². The Balaban J connectivity index is 1.40. The van der Waals surface area contributed by atoms with Gasteiger partial charge in [-0.25, -0.2) is 9.78 Å². The standard InChI is InChI=1S/C19H24N4O3S/c1-26-19(25)22-18-21-16(13-27-18)11-17(24)20-15-7-9-23(10-8-15)12-14-5-3-2-4-6-14/h2-6,13,15H,7-12H2,1H3,(H,20,24)(H,21,22,25). The molecule has 0 bridgehead atoms. The Morgan fingerprint density at radius 1 is 1.26 bits per heavy atom. The number of nitrogens with one attached hydrogen (secondary N) is 2. The van der Waals surface area contributed by atoms with Crippen LogP contribution in [0.1, 0.15) is 24.1 Å². The summed E-state index contributed by atoms with van der Waals surface area (Å²) < 4.78 is 4.52. The highest BCUT2D eigenvalue weighted by Gasteiger charge is 2.21. The third-order valence-electron chi connectivity index (χ3n) is 4.49. The van der Waals surface area contributed by atoms with Crippen LogP contribution in [0, 0.1) is 0 Å². The first-order chi connectivity index (χ1) is 13.1. The van der Waals surface area contributed by atoms with Crippen LogP contribution in [-0.2, 0) is 22.5 Å². The number of anilines is 1. The molecule has 0 atom stereocenters. The van der Waals surface area contributed by atoms with E-state index in [-0.39, 0.29) is 18.4 Å². The molecule has 2 amide bonds. The Morgan fingerprint density at radius 3 is 2.70 bits per heavy atom. The Morgan fingerprint density at radius 2 is 2.00 bits per heavy atom. The van der Waals surface area contributed by atoms with Crippen LogP contribution in [0.5, 0.6) is 0 Å². The van der Waals surface area contributed by atoms with E-state index in [0.717, 1.165) is 32.5 Å². The number of methoxy groups -OCH3 is 1. The van der Waals surface area contributed by atoms with Gasteiger partial charge in [-0.15, -0.1) is 11.3 Å². The van der Waals surface area contributed by atoms with Crippen molar-refractivity contribution in [1.82, 2.24) is 15.2 Å². The molecule has 0 radical (unpaired) electrons. The summed E-state index contributed by atoms with van der Waals surface area (Å²) >= 11 is 1.27. The van der Waals surface area contributed by atoms with Gasteiger partial charge in [0.2, 0.25) is 5.91 Å². The number of likely N-dealkylation sites (tertiary alicyclic amines) is 1. The maximum atomic E-state index is 12.3. The maximum Gasteiger partial charge on any atom is 0.413 e. The molecule has 1 aliphatic heterocycles. The van der Waals surface area contributed by atoms with Gasteiger partial charge in [0.05, 0.1) is 19.2 Å². The molecule has 0 aliphatic carbocycles. The summed E-state index contributed by atoms with van der Waals surface area (Å²) in [6, 6.07) is 10.6. The molecule has 0 saturated carbocycles. The summed E-state index contributed by atoms with van der Waals surface area (Å²) in [7, 11) is 1.29. The monoisotopic (exact) mass is 388 g/mol. The van der Waals surface area contributed by atoms with Crippen LogP contribution in [0.3, 0.4) is 0 Å². The third kappa shape index (κ3) is 6.04. The minimum Gasteiger partial charge on any atom is -0.453 e. The highest BCUT2D eigenvalue weighted by molar-refractivity contribution is 7.13. The Kier molecular flexibility index (Phi) is 6.78. The van der Waals surface area contributed by atoms with Crippen LogP contribution >= 0.6 is 11.3 Å². The van der Waals surface area contributed by atoms with E-state index in [1.165, 1.54) is 24.0 Å². The van der Waals surface area contributed by atoms with Crippen molar-refractivity contribution in [1.29, 1.82) is 0 Å². The van der Waals surface area contributed by atoms with Gasteiger partial charge in [0.25, 0.3) is 0 Å². The number of piperidine rings is 1. The Labute approximate surface area is 162 Å². The molecule has 1 fully saturated rings. The number of carbonyl (C=O) groups is 2. The minimum absolute atomic E-state index is 0.0357. The SMILES string of the molecule is COC(=O)Nc1nc(CC(=O)NC2CCN(Cc3ccccc3)CC2)cs1. The van der Waals surface area contributed by atoms with Gasteiger partial charge in [-0.05, 0) is 18.4 Å². The molecule has 2 heterocycles. The smallest absolute Gasteiger partial charge is 0.413 e. The largest absolute Gasteiger partial charge is 0.453 e. The number of amides is 2. The first kappa shape index (κ1) is 19.3. The summed E-state index contributed by atoms with van der Waals surface area (Å²) in [5.41, 5.74) is 1.96. The van der Waals surface area contributed by atoms with E-state index in [1.54, 1.807) is 5.38 Å². The van der Waals surface area contributed by atoms with Crippen molar-refractivity contribution in [3.8, 4) is 0 Å². The lowest BCUT2D eigenvalue weighted by atomic mass is 10.0. The quantitative estimate of drug-likeness (QED) is 0.795. The van der Waals surface area contributed by atoms with Crippen molar-refractivity contribution in [2.45, 2.75) is 31.8 Å². The Hall–Kier alpha value is -2.45. The number of nitrogens with zero attached hydrogens (tertiary/aromatic N) is 2. The third-order valence-corrected chi connectivity index (χ3v) is 5.30. The summed E-state index contributed by atoms with van der Waals surface area (Å²) in [5.74, 6) is -0.0357. The second-order valence-corrected chi connectivity index (χ2v) is 7.40. The molecular weight excluding hydrogens is 364 g/mol. The van der Waals surface area contributed by atoms with Crippen LogP contribution in [0.15, 0.2) is 35.7 Å². The molecule has 1 aliphatic rings. The fourth-order valence-electron chi connectivity index (χ4n) is 3.10. The molecule has 7 nitrogen and oxygen atoms in total. The molecule has 1 aromatic carbocycles. The summed E-state index contributed by atoms with van der Waals surface area (Å²) in [5, 5.41) is 7.80. The Bertz CT molecular complexity index is 757. The predicted molar refractivity (Wildman–Crippen MR) is 105 cm³/mol. The number of carbonyl (C=O) groups excluding carboxylic acids is 2. The molecule has 0 unspecified atom stereocenters. The fourth-order valence-corrected chi connectivity index (χ4v) is 3.80. The summed E-state index contributed by atoms with van der Waals surface area (Å²) in [6.07, 6.45) is 1.54. The van der Waals surface area contributed by atoms with E-state index in [9.17, 15) is 9.59 Å². The molecular formula is C19H24N4O3S. The number of rotatable bonds is 6. The molecule has 144 valence electrons. The lowest BCUT2D eigenvalue weighted by Gasteiger charge is -2.32. The number of ether oxygens (including phenoxy) is 1. The van der Waals surface area contributed by atoms with E-state index >= 15 is 0 Å². The van der Waals surface area contributed by atoms with E-state index in [4.69, 9.17) is 0 Å². The van der Waals surface area contributed by atoms with Crippen molar-refractivity contribution in [2.24, 2.45) is 0 Å². The van der Waals surface area contributed by atoms with E-state index < -0.39 is 6.09 Å². The molecule has 1 aromatic heterocycles. The van der Waals surface area contributed by atoms with Gasteiger partial charge < -0.3 is 10.1 Å². The van der Waals surface area contributed by atoms with Gasteiger partial charge in [-0.3, -0.25) is 15.0 Å². The van der Waals surface area contributed by atoms with Crippen molar-refractivity contribution in [3.63, 3.8) is 0 Å². The number of hydrogen-bond donors (Lipinski definition) is 2. The van der Waals surface area contributed by atoms with Gasteiger partial charge in [-0.2, -0.15) is 0 Å². The summed E-state index contributed by atoms with van der Waals surface area (Å²) in [4.78, 5) is 30.1. The zero-order valence-corrected chi connectivity index (χ0v) is 16.1. The zero-order chi connectivity index (χ0) is 19.1. The second kappa shape index (κ2) is 9.48. The molecule has 8 heteroatoms. The van der Waals surface area contributed by atoms with Gasteiger partial charge in [0, 0.05) is 31.1 Å². The van der Waals surface area contributed by atoms with Crippen molar-refractivity contribution in [2.75, 3.05) is 25.5 Å². The fraction of sp³-hybridized carbons (Fsp3) is 0.421. The topological polar surface area (TPSA) is 83.6 Å².